The normalized spacial score (nSPS) is 15.5. The largest absolute Gasteiger partial charge is 0.481 e. The van der Waals surface area contributed by atoms with Gasteiger partial charge < -0.3 is 10.1 Å². The maximum atomic E-state index is 10.9. The number of carbonyl (C=O) groups is 1. The fourth-order valence-electron chi connectivity index (χ4n) is 2.15. The van der Waals surface area contributed by atoms with E-state index in [1.807, 2.05) is 12.1 Å². The predicted octanol–water partition coefficient (Wildman–Crippen LogP) is 2.07. The zero-order valence-electron chi connectivity index (χ0n) is 8.73. The minimum Gasteiger partial charge on any atom is -0.481 e. The number of pyridine rings is 1. The number of aromatic nitrogens is 2. The van der Waals surface area contributed by atoms with Crippen molar-refractivity contribution in [2.45, 2.75) is 25.2 Å². The van der Waals surface area contributed by atoms with Gasteiger partial charge in [-0.15, -0.1) is 0 Å². The molecule has 0 spiro atoms. The van der Waals surface area contributed by atoms with Gasteiger partial charge in [0.1, 0.15) is 0 Å². The molecule has 2 heterocycles. The minimum atomic E-state index is -0.798. The standard InChI is InChI=1S/C12H12N2O2/c15-10(16)6-8-11(7-3-4-7)14-9-2-1-5-13-12(8)9/h1-2,5,7,14H,3-4,6H2,(H,15,16). The topological polar surface area (TPSA) is 66.0 Å². The summed E-state index contributed by atoms with van der Waals surface area (Å²) in [5.41, 5.74) is 3.70. The molecule has 0 unspecified atom stereocenters. The summed E-state index contributed by atoms with van der Waals surface area (Å²) < 4.78 is 0. The molecular formula is C12H12N2O2. The third-order valence-corrected chi connectivity index (χ3v) is 3.00. The highest BCUT2D eigenvalue weighted by molar-refractivity contribution is 5.85. The van der Waals surface area contributed by atoms with Crippen LogP contribution in [-0.2, 0) is 11.2 Å². The van der Waals surface area contributed by atoms with E-state index >= 15 is 0 Å². The number of carboxylic acid groups (broad SMARTS) is 1. The molecule has 4 heteroatoms. The number of aliphatic carboxylic acids is 1. The SMILES string of the molecule is O=C(O)Cc1c(C2CC2)[nH]c2cccnc12. The summed E-state index contributed by atoms with van der Waals surface area (Å²) in [6.45, 7) is 0. The van der Waals surface area contributed by atoms with Gasteiger partial charge in [-0.2, -0.15) is 0 Å². The monoisotopic (exact) mass is 216 g/mol. The average Bonchev–Trinajstić information content (AvgIpc) is 3.03. The van der Waals surface area contributed by atoms with Crippen LogP contribution in [0, 0.1) is 0 Å². The van der Waals surface area contributed by atoms with Crippen LogP contribution in [0.3, 0.4) is 0 Å². The lowest BCUT2D eigenvalue weighted by atomic mass is 10.1. The van der Waals surface area contributed by atoms with Crippen molar-refractivity contribution in [2.75, 3.05) is 0 Å². The van der Waals surface area contributed by atoms with E-state index < -0.39 is 5.97 Å². The highest BCUT2D eigenvalue weighted by Gasteiger charge is 2.29. The van der Waals surface area contributed by atoms with Crippen LogP contribution in [-0.4, -0.2) is 21.0 Å². The molecule has 0 radical (unpaired) electrons. The summed E-state index contributed by atoms with van der Waals surface area (Å²) >= 11 is 0. The smallest absolute Gasteiger partial charge is 0.307 e. The Morgan fingerprint density at radius 2 is 2.38 bits per heavy atom. The quantitative estimate of drug-likeness (QED) is 0.825. The number of hydrogen-bond donors (Lipinski definition) is 2. The van der Waals surface area contributed by atoms with Crippen molar-refractivity contribution in [1.82, 2.24) is 9.97 Å². The number of aromatic amines is 1. The van der Waals surface area contributed by atoms with Crippen molar-refractivity contribution in [1.29, 1.82) is 0 Å². The number of fused-ring (bicyclic) bond motifs is 1. The van der Waals surface area contributed by atoms with Crippen molar-refractivity contribution in [3.05, 3.63) is 29.6 Å². The molecule has 0 amide bonds. The fraction of sp³-hybridized carbons (Fsp3) is 0.333. The molecule has 2 aromatic heterocycles. The van der Waals surface area contributed by atoms with Crippen LogP contribution in [0.2, 0.25) is 0 Å². The van der Waals surface area contributed by atoms with Gasteiger partial charge in [-0.1, -0.05) is 0 Å². The number of hydrogen-bond acceptors (Lipinski definition) is 2. The minimum absolute atomic E-state index is 0.0584. The van der Waals surface area contributed by atoms with Crippen LogP contribution in [0.15, 0.2) is 18.3 Å². The zero-order valence-corrected chi connectivity index (χ0v) is 8.73. The summed E-state index contributed by atoms with van der Waals surface area (Å²) in [6.07, 6.45) is 4.07. The van der Waals surface area contributed by atoms with E-state index in [-0.39, 0.29) is 6.42 Å². The molecule has 0 atom stereocenters. The van der Waals surface area contributed by atoms with E-state index in [1.165, 1.54) is 0 Å². The van der Waals surface area contributed by atoms with Crippen molar-refractivity contribution < 1.29 is 9.90 Å². The number of H-pyrrole nitrogens is 1. The number of nitrogens with zero attached hydrogens (tertiary/aromatic N) is 1. The Labute approximate surface area is 92.3 Å². The molecule has 2 aromatic rings. The molecule has 4 nitrogen and oxygen atoms in total. The summed E-state index contributed by atoms with van der Waals surface area (Å²) in [4.78, 5) is 18.4. The van der Waals surface area contributed by atoms with Gasteiger partial charge in [0.25, 0.3) is 0 Å². The highest BCUT2D eigenvalue weighted by atomic mass is 16.4. The maximum Gasteiger partial charge on any atom is 0.307 e. The van der Waals surface area contributed by atoms with Gasteiger partial charge in [0.05, 0.1) is 17.5 Å². The van der Waals surface area contributed by atoms with Gasteiger partial charge in [0.2, 0.25) is 0 Å². The Bertz CT molecular complexity index is 555. The van der Waals surface area contributed by atoms with Gasteiger partial charge in [-0.3, -0.25) is 9.78 Å². The predicted molar refractivity (Wildman–Crippen MR) is 59.4 cm³/mol. The molecule has 16 heavy (non-hydrogen) atoms. The van der Waals surface area contributed by atoms with Crippen LogP contribution in [0.4, 0.5) is 0 Å². The van der Waals surface area contributed by atoms with Gasteiger partial charge in [-0.05, 0) is 30.9 Å². The molecular weight excluding hydrogens is 204 g/mol. The van der Waals surface area contributed by atoms with Gasteiger partial charge in [-0.25, -0.2) is 0 Å². The van der Waals surface area contributed by atoms with Gasteiger partial charge in [0, 0.05) is 17.5 Å². The molecule has 0 saturated heterocycles. The molecule has 3 rings (SSSR count). The van der Waals surface area contributed by atoms with Crippen LogP contribution in [0.25, 0.3) is 11.0 Å². The first kappa shape index (κ1) is 9.39. The molecule has 0 aromatic carbocycles. The molecule has 0 bridgehead atoms. The molecule has 0 aliphatic heterocycles. The second kappa shape index (κ2) is 3.33. The summed E-state index contributed by atoms with van der Waals surface area (Å²) in [6, 6.07) is 3.81. The Kier molecular flexibility index (Phi) is 1.96. The Morgan fingerprint density at radius 3 is 3.06 bits per heavy atom. The van der Waals surface area contributed by atoms with E-state index in [4.69, 9.17) is 5.11 Å². The van der Waals surface area contributed by atoms with E-state index in [2.05, 4.69) is 9.97 Å². The average molecular weight is 216 g/mol. The fourth-order valence-corrected chi connectivity index (χ4v) is 2.15. The lowest BCUT2D eigenvalue weighted by molar-refractivity contribution is -0.136. The molecule has 82 valence electrons. The Morgan fingerprint density at radius 1 is 1.56 bits per heavy atom. The summed E-state index contributed by atoms with van der Waals surface area (Å²) in [5, 5.41) is 8.93. The van der Waals surface area contributed by atoms with Crippen LogP contribution in [0.1, 0.15) is 30.0 Å². The molecule has 1 saturated carbocycles. The van der Waals surface area contributed by atoms with E-state index in [0.29, 0.717) is 5.92 Å². The summed E-state index contributed by atoms with van der Waals surface area (Å²) in [5.74, 6) is -0.281. The zero-order chi connectivity index (χ0) is 11.1. The third kappa shape index (κ3) is 1.46. The van der Waals surface area contributed by atoms with E-state index in [0.717, 1.165) is 35.1 Å². The lowest BCUT2D eigenvalue weighted by Gasteiger charge is -1.98. The van der Waals surface area contributed by atoms with Crippen molar-refractivity contribution >= 4 is 17.0 Å². The third-order valence-electron chi connectivity index (χ3n) is 3.00. The van der Waals surface area contributed by atoms with E-state index in [1.54, 1.807) is 6.20 Å². The lowest BCUT2D eigenvalue weighted by Crippen LogP contribution is -2.02. The van der Waals surface area contributed by atoms with Crippen molar-refractivity contribution in [3.63, 3.8) is 0 Å². The van der Waals surface area contributed by atoms with Gasteiger partial charge in [0.15, 0.2) is 0 Å². The molecule has 1 aliphatic rings. The Hall–Kier alpha value is -1.84. The van der Waals surface area contributed by atoms with Crippen LogP contribution >= 0.6 is 0 Å². The number of carboxylic acids is 1. The second-order valence-corrected chi connectivity index (χ2v) is 4.26. The van der Waals surface area contributed by atoms with Crippen molar-refractivity contribution in [2.24, 2.45) is 0 Å². The van der Waals surface area contributed by atoms with Crippen molar-refractivity contribution in [3.8, 4) is 0 Å². The Balaban J connectivity index is 2.18. The highest BCUT2D eigenvalue weighted by Crippen LogP contribution is 2.42. The maximum absolute atomic E-state index is 10.9. The van der Waals surface area contributed by atoms with Gasteiger partial charge >= 0.3 is 5.97 Å². The second-order valence-electron chi connectivity index (χ2n) is 4.26. The van der Waals surface area contributed by atoms with E-state index in [9.17, 15) is 4.79 Å². The van der Waals surface area contributed by atoms with Crippen LogP contribution in [0.5, 0.6) is 0 Å². The first-order valence-electron chi connectivity index (χ1n) is 5.43. The first-order valence-corrected chi connectivity index (χ1v) is 5.43. The number of rotatable bonds is 3. The molecule has 2 N–H and O–H groups in total. The summed E-state index contributed by atoms with van der Waals surface area (Å²) in [7, 11) is 0. The first-order chi connectivity index (χ1) is 7.75. The van der Waals surface area contributed by atoms with Crippen LogP contribution < -0.4 is 0 Å². The molecule has 1 aliphatic carbocycles. The molecule has 1 fully saturated rings. The number of nitrogens with one attached hydrogen (secondary N) is 1.